The predicted molar refractivity (Wildman–Crippen MR) is 421 cm³/mol. The molecule has 1 heterocycles. The fourth-order valence-electron chi connectivity index (χ4n) is 13.6. The van der Waals surface area contributed by atoms with Crippen molar-refractivity contribution < 1.29 is 102 Å². The predicted octanol–water partition coefficient (Wildman–Crippen LogP) is 19.5. The van der Waals surface area contributed by atoms with Crippen LogP contribution in [0, 0.1) is 34.1 Å². The van der Waals surface area contributed by atoms with E-state index in [4.69, 9.17) is 37.9 Å². The summed E-state index contributed by atoms with van der Waals surface area (Å²) < 4.78 is 43.6. The van der Waals surface area contributed by atoms with Gasteiger partial charge in [0.1, 0.15) is 23.0 Å². The number of aryl methyl sites for hydroxylation is 2. The first kappa shape index (κ1) is 88.4. The van der Waals surface area contributed by atoms with Crippen LogP contribution in [0.3, 0.4) is 0 Å². The summed E-state index contributed by atoms with van der Waals surface area (Å²) in [7, 11) is 1.61. The highest BCUT2D eigenvalue weighted by Gasteiger charge is 2.29. The van der Waals surface area contributed by atoms with E-state index >= 15 is 0 Å². The molecule has 5 atom stereocenters. The minimum absolute atomic E-state index is 0.00521. The van der Waals surface area contributed by atoms with Crippen LogP contribution in [0.2, 0.25) is 0 Å². The Morgan fingerprint density at radius 2 is 0.804 bits per heavy atom. The number of carbonyl (C=O) groups excluding carboxylic acids is 1. The maximum Gasteiger partial charge on any atom is 0.344 e. The molecule has 0 fully saturated rings. The zero-order valence-electron chi connectivity index (χ0n) is 64.7. The van der Waals surface area contributed by atoms with Crippen molar-refractivity contribution in [3.8, 4) is 40.2 Å². The number of carbonyl (C=O) groups is 6. The maximum atomic E-state index is 11.7. The van der Waals surface area contributed by atoms with Crippen molar-refractivity contribution in [1.29, 1.82) is 0 Å². The number of ketones is 1. The third kappa shape index (κ3) is 31.2. The van der Waals surface area contributed by atoms with Crippen LogP contribution in [0.5, 0.6) is 40.2 Å². The van der Waals surface area contributed by atoms with Crippen molar-refractivity contribution >= 4 is 47.0 Å². The summed E-state index contributed by atoms with van der Waals surface area (Å²) in [6.07, 6.45) is 34.8. The van der Waals surface area contributed by atoms with Gasteiger partial charge >= 0.3 is 35.5 Å². The second kappa shape index (κ2) is 47.4. The molecule has 5 unspecified atom stereocenters. The highest BCUT2D eigenvalue weighted by molar-refractivity contribution is 5.97. The number of nitrogens with zero attached hydrogens (tertiary/aromatic N) is 2. The summed E-state index contributed by atoms with van der Waals surface area (Å²) in [6, 6.07) is 27.8. The van der Waals surface area contributed by atoms with Crippen molar-refractivity contribution in [2.75, 3.05) is 13.9 Å². The lowest BCUT2D eigenvalue weighted by atomic mass is 9.95. The Hall–Kier alpha value is -10.8. The second-order valence-electron chi connectivity index (χ2n) is 28.5. The third-order valence-electron chi connectivity index (χ3n) is 19.8. The molecule has 0 aromatic heterocycles. The smallest absolute Gasteiger partial charge is 0.344 e. The Balaban J connectivity index is 0.000000194. The van der Waals surface area contributed by atoms with Crippen LogP contribution in [0.25, 0.3) is 0 Å². The van der Waals surface area contributed by atoms with E-state index in [1.807, 2.05) is 31.2 Å². The molecule has 0 radical (unpaired) electrons. The number of carboxylic acid groups (broad SMARTS) is 5. The summed E-state index contributed by atoms with van der Waals surface area (Å²) in [5.74, 6) is -2.05. The Bertz CT molecular complexity index is 4120. The van der Waals surface area contributed by atoms with Gasteiger partial charge in [0.25, 0.3) is 5.69 Å². The van der Waals surface area contributed by atoms with Gasteiger partial charge in [0.15, 0.2) is 53.6 Å². The lowest BCUT2D eigenvalue weighted by molar-refractivity contribution is -0.386. The first-order valence-electron chi connectivity index (χ1n) is 38.9. The molecule has 5 aliphatic carbocycles. The monoisotopic (exact) mass is 1550 g/mol. The number of rotatable bonds is 35. The normalized spacial score (nSPS) is 16.1. The summed E-state index contributed by atoms with van der Waals surface area (Å²) in [6.45, 7) is 5.68. The van der Waals surface area contributed by atoms with Crippen LogP contribution < -0.4 is 33.2 Å². The number of fused-ring (bicyclic) bond motifs is 1. The van der Waals surface area contributed by atoms with Gasteiger partial charge in [-0.15, -0.1) is 0 Å². The largest absolute Gasteiger partial charge is 0.479 e. The highest BCUT2D eigenvalue weighted by Crippen LogP contribution is 2.37. The van der Waals surface area contributed by atoms with E-state index in [0.29, 0.717) is 91.6 Å². The summed E-state index contributed by atoms with van der Waals surface area (Å²) >= 11 is 0. The number of nitro benzene ring substituents is 2. The van der Waals surface area contributed by atoms with Crippen LogP contribution in [0.4, 0.5) is 11.4 Å². The molecule has 0 spiro atoms. The molecule has 0 saturated carbocycles. The highest BCUT2D eigenvalue weighted by atomic mass is 16.7. The standard InChI is InChI=1S/C19H24O4.C18H24O4.C17H21NO5.C17H20O5.C16H19NO5/c1-13-8-10-16(14(2)20)18(12-13)23-17(19(21)22)11-9-15-6-4-3-5-7-15;1-21-13-15-9-5-6-10-16(15)22-17(18(19)20)12-11-14-7-3-2-4-8-14;1-12-7-9-15(14(11-12)18(21)22)23-16(17(19)20)10-8-13-5-3-2-4-6-13;18-17(19)15(8-6-12-4-2-1-3-5-12)22-13-7-9-14-16(10-13)21-11-20-14;18-16(19)15(11-6-12-4-2-1-3-5-12)22-14-9-7-13(8-10-14)17(20)21/h6,8,10,12,17H,3-5,7,9,11H2,1-2H3,(H,21,22);5-7,9-10,17H,2-4,8,11-13H2,1H3,(H,19,20);5,7,9,11,16H,2-4,6,8,10H2,1H3,(H,19,20);4,7,9-10,15H,1-3,5-6,8,11H2,(H,18,19);4,7-10,15H,1-3,5-6,11H2,(H,18,19). The topological polar surface area (TPSA) is 364 Å². The molecule has 25 nitrogen and oxygen atoms in total. The first-order chi connectivity index (χ1) is 53.9. The van der Waals surface area contributed by atoms with Gasteiger partial charge in [-0.25, -0.2) is 24.0 Å². The minimum atomic E-state index is -1.10. The van der Waals surface area contributed by atoms with E-state index in [1.165, 1.54) is 123 Å². The number of carboxylic acids is 5. The second-order valence-corrected chi connectivity index (χ2v) is 28.5. The van der Waals surface area contributed by atoms with Crippen molar-refractivity contribution in [3.05, 3.63) is 204 Å². The number of benzene rings is 5. The van der Waals surface area contributed by atoms with Gasteiger partial charge in [0.2, 0.25) is 6.79 Å². The Morgan fingerprint density at radius 3 is 1.21 bits per heavy atom. The molecule has 0 saturated heterocycles. The van der Waals surface area contributed by atoms with Crippen molar-refractivity contribution in [2.45, 2.75) is 251 Å². The number of allylic oxidation sites excluding steroid dienone is 10. The molecule has 604 valence electrons. The molecule has 0 bridgehead atoms. The Labute approximate surface area is 654 Å². The van der Waals surface area contributed by atoms with Gasteiger partial charge in [-0.2, -0.15) is 0 Å². The molecular weight excluding hydrogens is 1440 g/mol. The number of hydrogen-bond acceptors (Lipinski definition) is 18. The van der Waals surface area contributed by atoms with E-state index in [9.17, 15) is 74.5 Å². The molecule has 5 aromatic carbocycles. The van der Waals surface area contributed by atoms with Gasteiger partial charge < -0.3 is 63.4 Å². The molecule has 11 rings (SSSR count). The molecule has 25 heteroatoms. The quantitative estimate of drug-likeness (QED) is 0.0109. The number of para-hydroxylation sites is 1. The molecule has 6 aliphatic rings. The van der Waals surface area contributed by atoms with E-state index < -0.39 is 70.2 Å². The fourth-order valence-corrected chi connectivity index (χ4v) is 13.6. The van der Waals surface area contributed by atoms with Gasteiger partial charge in [0.05, 0.1) is 22.0 Å². The van der Waals surface area contributed by atoms with Crippen LogP contribution in [0.15, 0.2) is 161 Å². The summed E-state index contributed by atoms with van der Waals surface area (Å²) in [5, 5.41) is 68.5. The van der Waals surface area contributed by atoms with Crippen molar-refractivity contribution in [3.63, 3.8) is 0 Å². The SMILES string of the molecule is CC(=O)c1ccc(C)cc1OC(CCC1=CCCCC1)C(=O)O.COCc1ccccc1OC(CCC1=CCCCC1)C(=O)O.Cc1ccc(OC(CCC2=CCCCC2)C(=O)O)c([N+](=O)[O-])c1.O=C(O)C(CCC1=CCCCC1)Oc1ccc([N+](=O)[O-])cc1.O=C(O)C(CCC1=CCCCC1)Oc1ccc2c(c1)OCO2. The van der Waals surface area contributed by atoms with E-state index in [0.717, 1.165) is 113 Å². The number of aliphatic carboxylic acids is 5. The molecule has 5 aromatic rings. The van der Waals surface area contributed by atoms with E-state index in [-0.39, 0.29) is 29.7 Å². The van der Waals surface area contributed by atoms with Crippen LogP contribution >= 0.6 is 0 Å². The van der Waals surface area contributed by atoms with Gasteiger partial charge in [0, 0.05) is 36.9 Å². The fraction of sp³-hybridized carbons (Fsp3) is 0.471. The number of Topliss-reactive ketones (excluding diaryl/α,β-unsaturated/α-hetero) is 1. The third-order valence-corrected chi connectivity index (χ3v) is 19.8. The molecule has 5 N–H and O–H groups in total. The number of ether oxygens (including phenoxy) is 8. The number of hydrogen-bond donors (Lipinski definition) is 5. The molecule has 0 amide bonds. The summed E-state index contributed by atoms with van der Waals surface area (Å²) in [5.41, 5.74) is 9.30. The van der Waals surface area contributed by atoms with Gasteiger partial charge in [-0.05, 0) is 273 Å². The van der Waals surface area contributed by atoms with Crippen LogP contribution in [-0.2, 0) is 35.3 Å². The lowest BCUT2D eigenvalue weighted by Gasteiger charge is -2.19. The van der Waals surface area contributed by atoms with Gasteiger partial charge in [-0.3, -0.25) is 25.0 Å². The number of nitro groups is 2. The van der Waals surface area contributed by atoms with Crippen LogP contribution in [-0.4, -0.2) is 115 Å². The zero-order chi connectivity index (χ0) is 80.7. The number of non-ortho nitro benzene ring substituents is 1. The lowest BCUT2D eigenvalue weighted by Crippen LogP contribution is -2.27. The number of methoxy groups -OCH3 is 1. The minimum Gasteiger partial charge on any atom is -0.479 e. The zero-order valence-corrected chi connectivity index (χ0v) is 64.7. The van der Waals surface area contributed by atoms with E-state index in [2.05, 4.69) is 30.4 Å². The van der Waals surface area contributed by atoms with E-state index in [1.54, 1.807) is 56.5 Å². The molecule has 112 heavy (non-hydrogen) atoms. The van der Waals surface area contributed by atoms with Gasteiger partial charge in [-0.1, -0.05) is 88.6 Å². The van der Waals surface area contributed by atoms with Crippen LogP contribution in [0.1, 0.15) is 227 Å². The van der Waals surface area contributed by atoms with Crippen molar-refractivity contribution in [1.82, 2.24) is 0 Å². The first-order valence-corrected chi connectivity index (χ1v) is 38.9. The maximum absolute atomic E-state index is 11.7. The average Bonchev–Trinajstić information content (AvgIpc) is 1.70. The Morgan fingerprint density at radius 1 is 0.420 bits per heavy atom. The Kier molecular flexibility index (Phi) is 37.4. The van der Waals surface area contributed by atoms with Crippen molar-refractivity contribution in [2.24, 2.45) is 0 Å². The average molecular weight is 1550 g/mol. The molecular formula is C87H108N2O23. The summed E-state index contributed by atoms with van der Waals surface area (Å²) in [4.78, 5) is 89.4. The molecule has 1 aliphatic heterocycles.